The van der Waals surface area contributed by atoms with Crippen molar-refractivity contribution in [3.8, 4) is 5.75 Å². The van der Waals surface area contributed by atoms with Gasteiger partial charge in [-0.1, -0.05) is 18.2 Å². The molecule has 1 heterocycles. The fourth-order valence-electron chi connectivity index (χ4n) is 3.57. The number of anilines is 1. The third-order valence-electron chi connectivity index (χ3n) is 4.96. The molecule has 2 aromatic rings. The first-order chi connectivity index (χ1) is 14.3. The number of allylic oxidation sites excluding steroid dienone is 1. The molecule has 0 aliphatic carbocycles. The van der Waals surface area contributed by atoms with Gasteiger partial charge in [0.1, 0.15) is 5.75 Å². The summed E-state index contributed by atoms with van der Waals surface area (Å²) in [5.74, 6) is 0.932. The van der Waals surface area contributed by atoms with Crippen molar-refractivity contribution in [2.75, 3.05) is 18.3 Å². The SMILES string of the molecule is COc1ccc2c(c1)/C(=C/C(=O)c1cccc(NC(=O)CCCCl)c1)NC(C)(C)C2. The lowest BCUT2D eigenvalue weighted by Gasteiger charge is -2.35. The van der Waals surface area contributed by atoms with Crippen molar-refractivity contribution in [1.82, 2.24) is 5.32 Å². The lowest BCUT2D eigenvalue weighted by Crippen LogP contribution is -2.43. The van der Waals surface area contributed by atoms with Gasteiger partial charge in [-0.15, -0.1) is 11.6 Å². The highest BCUT2D eigenvalue weighted by molar-refractivity contribution is 6.18. The Labute approximate surface area is 182 Å². The van der Waals surface area contributed by atoms with E-state index in [2.05, 4.69) is 24.5 Å². The summed E-state index contributed by atoms with van der Waals surface area (Å²) < 4.78 is 5.36. The summed E-state index contributed by atoms with van der Waals surface area (Å²) in [6, 6.07) is 12.9. The Morgan fingerprint density at radius 2 is 2.03 bits per heavy atom. The number of halogens is 1. The number of hydrogen-bond acceptors (Lipinski definition) is 4. The monoisotopic (exact) mass is 426 g/mol. The highest BCUT2D eigenvalue weighted by atomic mass is 35.5. The molecule has 3 rings (SSSR count). The van der Waals surface area contributed by atoms with E-state index in [4.69, 9.17) is 16.3 Å². The number of benzene rings is 2. The molecule has 1 amide bonds. The third kappa shape index (κ3) is 5.42. The molecule has 1 aliphatic heterocycles. The number of ether oxygens (including phenoxy) is 1. The summed E-state index contributed by atoms with van der Waals surface area (Å²) in [5, 5.41) is 6.29. The molecular weight excluding hydrogens is 400 g/mol. The van der Waals surface area contributed by atoms with E-state index in [1.165, 1.54) is 5.56 Å². The zero-order valence-electron chi connectivity index (χ0n) is 17.5. The number of hydrogen-bond donors (Lipinski definition) is 2. The molecule has 0 aromatic heterocycles. The van der Waals surface area contributed by atoms with Crippen molar-refractivity contribution < 1.29 is 14.3 Å². The standard InChI is InChI=1S/C24H27ClN2O3/c1-24(2)15-17-9-10-19(30-3)13-20(17)21(27-24)14-22(28)16-6-4-7-18(12-16)26-23(29)8-5-11-25/h4,6-7,9-10,12-14,27H,5,8,11,15H2,1-3H3,(H,26,29)/b21-14-. The van der Waals surface area contributed by atoms with Gasteiger partial charge in [-0.2, -0.15) is 0 Å². The molecule has 0 fully saturated rings. The average Bonchev–Trinajstić information content (AvgIpc) is 2.71. The van der Waals surface area contributed by atoms with Gasteiger partial charge in [0.05, 0.1) is 7.11 Å². The number of rotatable bonds is 7. The van der Waals surface area contributed by atoms with Gasteiger partial charge < -0.3 is 15.4 Å². The zero-order chi connectivity index (χ0) is 21.7. The van der Waals surface area contributed by atoms with Crippen molar-refractivity contribution in [3.05, 3.63) is 65.2 Å². The van der Waals surface area contributed by atoms with Crippen LogP contribution in [0.4, 0.5) is 5.69 Å². The van der Waals surface area contributed by atoms with Crippen LogP contribution in [0.15, 0.2) is 48.5 Å². The van der Waals surface area contributed by atoms with E-state index in [1.54, 1.807) is 37.5 Å². The molecule has 0 atom stereocenters. The minimum atomic E-state index is -0.175. The average molecular weight is 427 g/mol. The summed E-state index contributed by atoms with van der Waals surface area (Å²) >= 11 is 5.64. The summed E-state index contributed by atoms with van der Waals surface area (Å²) in [6.07, 6.45) is 3.43. The summed E-state index contributed by atoms with van der Waals surface area (Å²) in [6.45, 7) is 4.21. The van der Waals surface area contributed by atoms with Gasteiger partial charge in [0.15, 0.2) is 5.78 Å². The number of carbonyl (C=O) groups is 2. The second kappa shape index (κ2) is 9.35. The molecule has 0 radical (unpaired) electrons. The Morgan fingerprint density at radius 3 is 2.77 bits per heavy atom. The first-order valence-corrected chi connectivity index (χ1v) is 10.5. The predicted octanol–water partition coefficient (Wildman–Crippen LogP) is 4.80. The minimum Gasteiger partial charge on any atom is -0.497 e. The Hall–Kier alpha value is -2.79. The number of fused-ring (bicyclic) bond motifs is 1. The minimum absolute atomic E-state index is 0.115. The van der Waals surface area contributed by atoms with Crippen molar-refractivity contribution in [2.45, 2.75) is 38.6 Å². The molecule has 0 spiro atoms. The van der Waals surface area contributed by atoms with Crippen LogP contribution >= 0.6 is 11.6 Å². The van der Waals surface area contributed by atoms with Crippen LogP contribution in [0, 0.1) is 0 Å². The molecule has 2 aromatic carbocycles. The third-order valence-corrected chi connectivity index (χ3v) is 5.22. The lowest BCUT2D eigenvalue weighted by molar-refractivity contribution is -0.116. The van der Waals surface area contributed by atoms with Crippen LogP contribution in [0.5, 0.6) is 5.75 Å². The molecule has 0 saturated carbocycles. The van der Waals surface area contributed by atoms with Gasteiger partial charge in [-0.05, 0) is 56.5 Å². The van der Waals surface area contributed by atoms with Crippen LogP contribution < -0.4 is 15.4 Å². The van der Waals surface area contributed by atoms with Crippen LogP contribution in [0.2, 0.25) is 0 Å². The van der Waals surface area contributed by atoms with Crippen molar-refractivity contribution >= 4 is 34.7 Å². The van der Waals surface area contributed by atoms with Gasteiger partial charge in [-0.3, -0.25) is 9.59 Å². The Bertz CT molecular complexity index is 982. The van der Waals surface area contributed by atoms with Gasteiger partial charge in [0.2, 0.25) is 5.91 Å². The quantitative estimate of drug-likeness (QED) is 0.379. The Kier molecular flexibility index (Phi) is 6.83. The Balaban J connectivity index is 1.87. The largest absolute Gasteiger partial charge is 0.497 e. The van der Waals surface area contributed by atoms with E-state index in [0.717, 1.165) is 23.4 Å². The zero-order valence-corrected chi connectivity index (χ0v) is 18.3. The molecule has 158 valence electrons. The van der Waals surface area contributed by atoms with Crippen molar-refractivity contribution in [2.24, 2.45) is 0 Å². The van der Waals surface area contributed by atoms with Crippen LogP contribution in [0.1, 0.15) is 48.2 Å². The van der Waals surface area contributed by atoms with Crippen molar-refractivity contribution in [3.63, 3.8) is 0 Å². The predicted molar refractivity (Wildman–Crippen MR) is 121 cm³/mol. The second-order valence-corrected chi connectivity index (χ2v) is 8.43. The summed E-state index contributed by atoms with van der Waals surface area (Å²) in [5.41, 5.74) is 3.82. The molecule has 30 heavy (non-hydrogen) atoms. The molecular formula is C24H27ClN2O3. The maximum atomic E-state index is 13.0. The molecule has 2 N–H and O–H groups in total. The number of methoxy groups -OCH3 is 1. The van der Waals surface area contributed by atoms with Crippen LogP contribution in [-0.2, 0) is 11.2 Å². The molecule has 0 bridgehead atoms. The number of nitrogens with one attached hydrogen (secondary N) is 2. The van der Waals surface area contributed by atoms with E-state index < -0.39 is 0 Å². The Morgan fingerprint density at radius 1 is 1.23 bits per heavy atom. The highest BCUT2D eigenvalue weighted by Crippen LogP contribution is 2.32. The summed E-state index contributed by atoms with van der Waals surface area (Å²) in [4.78, 5) is 25.0. The van der Waals surface area contributed by atoms with Gasteiger partial charge in [0, 0.05) is 46.4 Å². The first kappa shape index (κ1) is 21.9. The number of alkyl halides is 1. The van der Waals surface area contributed by atoms with E-state index >= 15 is 0 Å². The maximum absolute atomic E-state index is 13.0. The first-order valence-electron chi connectivity index (χ1n) is 9.99. The van der Waals surface area contributed by atoms with Crippen LogP contribution in [0.3, 0.4) is 0 Å². The number of ketones is 1. The second-order valence-electron chi connectivity index (χ2n) is 8.05. The molecule has 0 unspecified atom stereocenters. The van der Waals surface area contributed by atoms with E-state index in [9.17, 15) is 9.59 Å². The van der Waals surface area contributed by atoms with Gasteiger partial charge in [0.25, 0.3) is 0 Å². The van der Waals surface area contributed by atoms with Gasteiger partial charge in [-0.25, -0.2) is 0 Å². The van der Waals surface area contributed by atoms with Gasteiger partial charge >= 0.3 is 0 Å². The van der Waals surface area contributed by atoms with Crippen LogP contribution in [-0.4, -0.2) is 30.2 Å². The molecule has 5 nitrogen and oxygen atoms in total. The maximum Gasteiger partial charge on any atom is 0.224 e. The molecule has 0 saturated heterocycles. The fourth-order valence-corrected chi connectivity index (χ4v) is 3.70. The lowest BCUT2D eigenvalue weighted by atomic mass is 9.85. The van der Waals surface area contributed by atoms with Crippen LogP contribution in [0.25, 0.3) is 5.70 Å². The number of carbonyl (C=O) groups excluding carboxylic acids is 2. The van der Waals surface area contributed by atoms with E-state index in [-0.39, 0.29) is 17.2 Å². The molecule has 6 heteroatoms. The summed E-state index contributed by atoms with van der Waals surface area (Å²) in [7, 11) is 1.63. The molecule has 1 aliphatic rings. The van der Waals surface area contributed by atoms with E-state index in [1.807, 2.05) is 18.2 Å². The van der Waals surface area contributed by atoms with E-state index in [0.29, 0.717) is 30.0 Å². The number of amides is 1. The fraction of sp³-hybridized carbons (Fsp3) is 0.333. The van der Waals surface area contributed by atoms with Crippen molar-refractivity contribution in [1.29, 1.82) is 0 Å². The normalized spacial score (nSPS) is 15.8. The topological polar surface area (TPSA) is 67.4 Å². The highest BCUT2D eigenvalue weighted by Gasteiger charge is 2.28. The smallest absolute Gasteiger partial charge is 0.224 e.